The minimum absolute atomic E-state index is 0.0906. The summed E-state index contributed by atoms with van der Waals surface area (Å²) in [6.07, 6.45) is 10.7. The van der Waals surface area contributed by atoms with E-state index in [0.29, 0.717) is 12.0 Å². The first-order valence-electron chi connectivity index (χ1n) is 8.43. The third-order valence-corrected chi connectivity index (χ3v) is 4.65. The van der Waals surface area contributed by atoms with Crippen LogP contribution in [0.1, 0.15) is 55.3 Å². The number of hydrogen-bond donors (Lipinski definition) is 1. The maximum Gasteiger partial charge on any atom is 0.187 e. The zero-order valence-electron chi connectivity index (χ0n) is 13.3. The van der Waals surface area contributed by atoms with E-state index in [1.54, 1.807) is 7.11 Å². The predicted molar refractivity (Wildman–Crippen MR) is 88.1 cm³/mol. The summed E-state index contributed by atoms with van der Waals surface area (Å²) >= 11 is 0. The summed E-state index contributed by atoms with van der Waals surface area (Å²) < 4.78 is 5.14. The number of benzene rings is 1. The molecule has 3 rings (SSSR count). The van der Waals surface area contributed by atoms with E-state index < -0.39 is 0 Å². The van der Waals surface area contributed by atoms with Crippen molar-refractivity contribution in [1.82, 2.24) is 5.32 Å². The van der Waals surface area contributed by atoms with Crippen molar-refractivity contribution in [1.29, 1.82) is 0 Å². The van der Waals surface area contributed by atoms with Crippen molar-refractivity contribution >= 4 is 5.78 Å². The molecule has 1 aromatic rings. The summed E-state index contributed by atoms with van der Waals surface area (Å²) in [5.74, 6) is 1.44. The van der Waals surface area contributed by atoms with Crippen LogP contribution in [-0.2, 0) is 0 Å². The van der Waals surface area contributed by atoms with Crippen LogP contribution in [0.15, 0.2) is 36.0 Å². The first-order valence-corrected chi connectivity index (χ1v) is 8.43. The zero-order valence-corrected chi connectivity index (χ0v) is 13.3. The number of rotatable bonds is 6. The fourth-order valence-corrected chi connectivity index (χ4v) is 3.13. The Labute approximate surface area is 132 Å². The van der Waals surface area contributed by atoms with Crippen LogP contribution in [0.5, 0.6) is 5.75 Å². The van der Waals surface area contributed by atoms with Crippen LogP contribution in [0, 0.1) is 5.92 Å². The fourth-order valence-electron chi connectivity index (χ4n) is 3.13. The Hall–Kier alpha value is -1.77. The number of allylic oxidation sites excluding steroid dienone is 2. The second kappa shape index (κ2) is 6.99. The Bertz CT molecular complexity index is 537. The summed E-state index contributed by atoms with van der Waals surface area (Å²) in [5, 5.41) is 3.66. The van der Waals surface area contributed by atoms with Gasteiger partial charge in [-0.1, -0.05) is 19.3 Å². The van der Waals surface area contributed by atoms with Crippen molar-refractivity contribution in [3.63, 3.8) is 0 Å². The van der Waals surface area contributed by atoms with Gasteiger partial charge in [-0.05, 0) is 55.9 Å². The van der Waals surface area contributed by atoms with Gasteiger partial charge in [-0.2, -0.15) is 0 Å². The maximum absolute atomic E-state index is 12.5. The van der Waals surface area contributed by atoms with E-state index in [9.17, 15) is 4.79 Å². The molecule has 0 aromatic heterocycles. The number of nitrogens with one attached hydrogen (secondary N) is 1. The van der Waals surface area contributed by atoms with E-state index in [-0.39, 0.29) is 5.78 Å². The highest BCUT2D eigenvalue weighted by Gasteiger charge is 2.28. The van der Waals surface area contributed by atoms with Crippen LogP contribution >= 0.6 is 0 Å². The molecular weight excluding hydrogens is 274 g/mol. The van der Waals surface area contributed by atoms with Crippen molar-refractivity contribution in [2.75, 3.05) is 7.11 Å². The van der Waals surface area contributed by atoms with Gasteiger partial charge in [0.15, 0.2) is 5.78 Å². The molecule has 22 heavy (non-hydrogen) atoms. The van der Waals surface area contributed by atoms with Gasteiger partial charge in [0.1, 0.15) is 5.75 Å². The third kappa shape index (κ3) is 3.90. The van der Waals surface area contributed by atoms with Crippen LogP contribution in [-0.4, -0.2) is 18.9 Å². The molecule has 0 atom stereocenters. The normalized spacial score (nSPS) is 19.8. The van der Waals surface area contributed by atoms with E-state index in [4.69, 9.17) is 4.74 Å². The number of ketones is 1. The molecule has 0 heterocycles. The van der Waals surface area contributed by atoms with Crippen molar-refractivity contribution in [3.8, 4) is 5.75 Å². The summed E-state index contributed by atoms with van der Waals surface area (Å²) in [7, 11) is 1.63. The van der Waals surface area contributed by atoms with Crippen LogP contribution in [0.25, 0.3) is 0 Å². The van der Waals surface area contributed by atoms with Gasteiger partial charge in [0, 0.05) is 23.4 Å². The van der Waals surface area contributed by atoms with Gasteiger partial charge in [-0.3, -0.25) is 4.79 Å². The molecule has 0 amide bonds. The molecule has 0 spiro atoms. The standard InChI is InChI=1S/C19H25NO2/c1-22-17-11-9-15(10-12-17)19(21)13-18(14-7-8-14)20-16-5-3-2-4-6-16/h9-14,16,20H,2-8H2,1H3/b18-13-. The first kappa shape index (κ1) is 15.1. The van der Waals surface area contributed by atoms with E-state index >= 15 is 0 Å². The van der Waals surface area contributed by atoms with Gasteiger partial charge in [-0.25, -0.2) is 0 Å². The summed E-state index contributed by atoms with van der Waals surface area (Å²) in [4.78, 5) is 12.5. The Kier molecular flexibility index (Phi) is 4.81. The average molecular weight is 299 g/mol. The Morgan fingerprint density at radius 2 is 1.77 bits per heavy atom. The molecule has 0 unspecified atom stereocenters. The largest absolute Gasteiger partial charge is 0.497 e. The fraction of sp³-hybridized carbons (Fsp3) is 0.526. The second-order valence-corrected chi connectivity index (χ2v) is 6.45. The number of carbonyl (C=O) groups is 1. The molecule has 2 fully saturated rings. The monoisotopic (exact) mass is 299 g/mol. The molecule has 0 aliphatic heterocycles. The topological polar surface area (TPSA) is 38.3 Å². The molecule has 2 saturated carbocycles. The number of hydrogen-bond acceptors (Lipinski definition) is 3. The molecule has 118 valence electrons. The van der Waals surface area contributed by atoms with Crippen LogP contribution < -0.4 is 10.1 Å². The molecule has 0 radical (unpaired) electrons. The third-order valence-electron chi connectivity index (χ3n) is 4.65. The Morgan fingerprint density at radius 3 is 2.36 bits per heavy atom. The lowest BCUT2D eigenvalue weighted by molar-refractivity contribution is 0.104. The highest BCUT2D eigenvalue weighted by molar-refractivity contribution is 6.05. The lowest BCUT2D eigenvalue weighted by atomic mass is 9.95. The predicted octanol–water partition coefficient (Wildman–Crippen LogP) is 4.09. The molecule has 3 heteroatoms. The quantitative estimate of drug-likeness (QED) is 0.635. The molecule has 1 N–H and O–H groups in total. The number of methoxy groups -OCH3 is 1. The van der Waals surface area contributed by atoms with Gasteiger partial charge in [0.25, 0.3) is 0 Å². The van der Waals surface area contributed by atoms with E-state index in [0.717, 1.165) is 17.0 Å². The van der Waals surface area contributed by atoms with Crippen molar-refractivity contribution in [2.45, 2.75) is 51.0 Å². The molecule has 3 nitrogen and oxygen atoms in total. The number of ether oxygens (including phenoxy) is 1. The van der Waals surface area contributed by atoms with Gasteiger partial charge in [0.2, 0.25) is 0 Å². The van der Waals surface area contributed by atoms with Crippen LogP contribution in [0.4, 0.5) is 0 Å². The highest BCUT2D eigenvalue weighted by atomic mass is 16.5. The smallest absolute Gasteiger partial charge is 0.187 e. The molecule has 0 saturated heterocycles. The Morgan fingerprint density at radius 1 is 1.09 bits per heavy atom. The van der Waals surface area contributed by atoms with E-state index in [1.807, 2.05) is 30.3 Å². The second-order valence-electron chi connectivity index (χ2n) is 6.45. The first-order chi connectivity index (χ1) is 10.8. The summed E-state index contributed by atoms with van der Waals surface area (Å²) in [5.41, 5.74) is 1.89. The Balaban J connectivity index is 1.69. The molecular formula is C19H25NO2. The molecule has 0 bridgehead atoms. The lowest BCUT2D eigenvalue weighted by Crippen LogP contribution is -2.31. The SMILES string of the molecule is COc1ccc(C(=O)/C=C(\NC2CCCCC2)C2CC2)cc1. The van der Waals surface area contributed by atoms with Crippen LogP contribution in [0.2, 0.25) is 0 Å². The maximum atomic E-state index is 12.5. The van der Waals surface area contributed by atoms with Crippen LogP contribution in [0.3, 0.4) is 0 Å². The van der Waals surface area contributed by atoms with Gasteiger partial charge in [-0.15, -0.1) is 0 Å². The molecule has 1 aromatic carbocycles. The van der Waals surface area contributed by atoms with E-state index in [1.165, 1.54) is 44.9 Å². The molecule has 2 aliphatic rings. The zero-order chi connectivity index (χ0) is 15.4. The minimum Gasteiger partial charge on any atom is -0.497 e. The highest BCUT2D eigenvalue weighted by Crippen LogP contribution is 2.36. The minimum atomic E-state index is 0.0906. The van der Waals surface area contributed by atoms with Crippen molar-refractivity contribution < 1.29 is 9.53 Å². The summed E-state index contributed by atoms with van der Waals surface area (Å²) in [6.45, 7) is 0. The average Bonchev–Trinajstić information content (AvgIpc) is 3.40. The summed E-state index contributed by atoms with van der Waals surface area (Å²) in [6, 6.07) is 7.91. The van der Waals surface area contributed by atoms with Gasteiger partial charge < -0.3 is 10.1 Å². The van der Waals surface area contributed by atoms with Gasteiger partial charge in [0.05, 0.1) is 7.11 Å². The number of carbonyl (C=O) groups excluding carboxylic acids is 1. The lowest BCUT2D eigenvalue weighted by Gasteiger charge is -2.25. The van der Waals surface area contributed by atoms with Gasteiger partial charge >= 0.3 is 0 Å². The van der Waals surface area contributed by atoms with E-state index in [2.05, 4.69) is 5.32 Å². The van der Waals surface area contributed by atoms with Crippen molar-refractivity contribution in [3.05, 3.63) is 41.6 Å². The van der Waals surface area contributed by atoms with Crippen molar-refractivity contribution in [2.24, 2.45) is 5.92 Å². The molecule has 2 aliphatic carbocycles.